The number of halogens is 1. The van der Waals surface area contributed by atoms with Gasteiger partial charge in [0.15, 0.2) is 0 Å². The topological polar surface area (TPSA) is 17.1 Å². The van der Waals surface area contributed by atoms with E-state index in [0.717, 1.165) is 6.42 Å². The van der Waals surface area contributed by atoms with Crippen LogP contribution in [0.1, 0.15) is 12.8 Å². The molecule has 0 aromatic heterocycles. The summed E-state index contributed by atoms with van der Waals surface area (Å²) in [4.78, 5) is 10.3. The van der Waals surface area contributed by atoms with Crippen LogP contribution in [0.2, 0.25) is 0 Å². The second-order valence-electron chi connectivity index (χ2n) is 1.28. The molecule has 2 heteroatoms. The fourth-order valence-electron chi connectivity index (χ4n) is 0.445. The van der Waals surface area contributed by atoms with Crippen molar-refractivity contribution >= 4 is 3.79 Å². The van der Waals surface area contributed by atoms with E-state index in [0.29, 0.717) is 3.79 Å². The van der Waals surface area contributed by atoms with Gasteiger partial charge in [-0.1, -0.05) is 0 Å². The Balaban J connectivity index is 2.37. The van der Waals surface area contributed by atoms with Crippen LogP contribution >= 0.6 is 0 Å². The van der Waals surface area contributed by atoms with Crippen molar-refractivity contribution in [1.82, 2.24) is 0 Å². The molecule has 1 rings (SSSR count). The van der Waals surface area contributed by atoms with Crippen LogP contribution in [0.5, 0.6) is 0 Å². The van der Waals surface area contributed by atoms with Gasteiger partial charge in [-0.15, -0.1) is 0 Å². The molecule has 0 spiro atoms. The number of hydrogen-bond acceptors (Lipinski definition) is 1. The molecule has 1 heterocycles. The van der Waals surface area contributed by atoms with Crippen molar-refractivity contribution in [3.8, 4) is 0 Å². The first-order valence-corrected chi connectivity index (χ1v) is 4.62. The SMILES string of the molecule is O=C1CCC[I-]1. The molecular weight excluding hydrogens is 191 g/mol. The molecule has 1 aliphatic rings. The molecule has 0 saturated carbocycles. The monoisotopic (exact) mass is 197 g/mol. The van der Waals surface area contributed by atoms with Crippen molar-refractivity contribution in [3.05, 3.63) is 0 Å². The number of carbonyl (C=O) groups is 1. The molecule has 1 nitrogen and oxygen atoms in total. The average molecular weight is 197 g/mol. The molecule has 0 atom stereocenters. The van der Waals surface area contributed by atoms with Crippen molar-refractivity contribution in [1.29, 1.82) is 0 Å². The van der Waals surface area contributed by atoms with Crippen molar-refractivity contribution in [2.45, 2.75) is 12.8 Å². The standard InChI is InChI=1S/C4H6IO/c6-4-2-1-3-5-4/h1-3H2/q-1. The maximum atomic E-state index is 10.3. The maximum absolute atomic E-state index is 10.3. The van der Waals surface area contributed by atoms with E-state index < -0.39 is 0 Å². The predicted molar refractivity (Wildman–Crippen MR) is 19.1 cm³/mol. The summed E-state index contributed by atoms with van der Waals surface area (Å²) in [6.45, 7) is 0. The summed E-state index contributed by atoms with van der Waals surface area (Å²) in [5, 5.41) is 0. The predicted octanol–water partition coefficient (Wildman–Crippen LogP) is -2.60. The number of hydrogen-bond donors (Lipinski definition) is 0. The van der Waals surface area contributed by atoms with E-state index in [1.165, 1.54) is 10.8 Å². The molecule has 0 aliphatic carbocycles. The third-order valence-corrected chi connectivity index (χ3v) is 3.44. The minimum absolute atomic E-state index is 0.0406. The molecule has 0 amide bonds. The van der Waals surface area contributed by atoms with Crippen LogP contribution in [0.3, 0.4) is 0 Å². The summed E-state index contributed by atoms with van der Waals surface area (Å²) in [6, 6.07) is 0. The summed E-state index contributed by atoms with van der Waals surface area (Å²) < 4.78 is 1.81. The zero-order valence-corrected chi connectivity index (χ0v) is 5.57. The van der Waals surface area contributed by atoms with Crippen LogP contribution in [0, 0.1) is 0 Å². The quantitative estimate of drug-likeness (QED) is 0.236. The van der Waals surface area contributed by atoms with Crippen molar-refractivity contribution < 1.29 is 26.0 Å². The summed E-state index contributed by atoms with van der Waals surface area (Å²) >= 11 is 0.0406. The van der Waals surface area contributed by atoms with Gasteiger partial charge in [-0.2, -0.15) is 0 Å². The molecule has 1 fully saturated rings. The first-order chi connectivity index (χ1) is 2.89. The van der Waals surface area contributed by atoms with E-state index in [1.807, 2.05) is 0 Å². The summed E-state index contributed by atoms with van der Waals surface area (Å²) in [5.41, 5.74) is 0. The molecule has 1 aliphatic heterocycles. The number of rotatable bonds is 0. The second-order valence-corrected chi connectivity index (χ2v) is 4.33. The third kappa shape index (κ3) is 0.929. The van der Waals surface area contributed by atoms with Crippen molar-refractivity contribution in [2.75, 3.05) is 4.43 Å². The van der Waals surface area contributed by atoms with E-state index in [-0.39, 0.29) is 21.2 Å². The van der Waals surface area contributed by atoms with Gasteiger partial charge >= 0.3 is 47.1 Å². The Hall–Kier alpha value is 0.400. The van der Waals surface area contributed by atoms with E-state index >= 15 is 0 Å². The Morgan fingerprint density at radius 3 is 2.67 bits per heavy atom. The number of carbonyl (C=O) groups excluding carboxylic acids is 1. The van der Waals surface area contributed by atoms with Gasteiger partial charge in [0.05, 0.1) is 0 Å². The summed E-state index contributed by atoms with van der Waals surface area (Å²) in [5.74, 6) is 0. The molecule has 1 saturated heterocycles. The molecule has 0 radical (unpaired) electrons. The molecule has 0 aromatic rings. The summed E-state index contributed by atoms with van der Waals surface area (Å²) in [6.07, 6.45) is 2.08. The van der Waals surface area contributed by atoms with E-state index in [1.54, 1.807) is 0 Å². The zero-order valence-electron chi connectivity index (χ0n) is 3.41. The molecule has 0 bridgehead atoms. The van der Waals surface area contributed by atoms with E-state index in [9.17, 15) is 4.79 Å². The fraction of sp³-hybridized carbons (Fsp3) is 0.750. The van der Waals surface area contributed by atoms with Gasteiger partial charge in [0.1, 0.15) is 0 Å². The summed E-state index contributed by atoms with van der Waals surface area (Å²) in [7, 11) is 0. The Labute approximate surface area is 47.4 Å². The molecule has 36 valence electrons. The van der Waals surface area contributed by atoms with Gasteiger partial charge in [-0.05, 0) is 0 Å². The van der Waals surface area contributed by atoms with E-state index in [4.69, 9.17) is 0 Å². The minimum atomic E-state index is 0.0406. The fourth-order valence-corrected chi connectivity index (χ4v) is 2.57. The van der Waals surface area contributed by atoms with Gasteiger partial charge in [-0.25, -0.2) is 0 Å². The Morgan fingerprint density at radius 1 is 1.67 bits per heavy atom. The van der Waals surface area contributed by atoms with E-state index in [2.05, 4.69) is 0 Å². The van der Waals surface area contributed by atoms with Gasteiger partial charge in [0.25, 0.3) is 0 Å². The molecule has 0 N–H and O–H groups in total. The molecule has 6 heavy (non-hydrogen) atoms. The zero-order chi connectivity index (χ0) is 4.41. The van der Waals surface area contributed by atoms with Crippen LogP contribution in [-0.2, 0) is 4.79 Å². The molecule has 0 unspecified atom stereocenters. The van der Waals surface area contributed by atoms with Gasteiger partial charge in [-0.3, -0.25) is 0 Å². The first-order valence-electron chi connectivity index (χ1n) is 2.01. The number of alkyl halides is 1. The van der Waals surface area contributed by atoms with Crippen molar-refractivity contribution in [3.63, 3.8) is 0 Å². The Kier molecular flexibility index (Phi) is 1.45. The molecule has 0 aromatic carbocycles. The van der Waals surface area contributed by atoms with Gasteiger partial charge in [0.2, 0.25) is 0 Å². The molecular formula is C4H6IO-. The van der Waals surface area contributed by atoms with Crippen LogP contribution in [0.25, 0.3) is 0 Å². The second kappa shape index (κ2) is 1.91. The Morgan fingerprint density at radius 2 is 2.50 bits per heavy atom. The van der Waals surface area contributed by atoms with Crippen LogP contribution in [0.15, 0.2) is 0 Å². The normalized spacial score (nSPS) is 23.7. The third-order valence-electron chi connectivity index (χ3n) is 0.750. The van der Waals surface area contributed by atoms with Crippen molar-refractivity contribution in [2.24, 2.45) is 0 Å². The first kappa shape index (κ1) is 4.56. The van der Waals surface area contributed by atoms with Gasteiger partial charge in [0, 0.05) is 0 Å². The Bertz CT molecular complexity index is 61.9. The van der Waals surface area contributed by atoms with Crippen LogP contribution in [-0.4, -0.2) is 8.22 Å². The van der Waals surface area contributed by atoms with Crippen LogP contribution < -0.4 is 21.2 Å². The van der Waals surface area contributed by atoms with Crippen LogP contribution in [0.4, 0.5) is 0 Å². The van der Waals surface area contributed by atoms with Gasteiger partial charge < -0.3 is 0 Å². The average Bonchev–Trinajstić information content (AvgIpc) is 1.86.